The number of carbonyl (C=O) groups excluding carboxylic acids is 2. The van der Waals surface area contributed by atoms with Crippen LogP contribution in [0.2, 0.25) is 0 Å². The van der Waals surface area contributed by atoms with Crippen LogP contribution >= 0.6 is 15.9 Å². The van der Waals surface area contributed by atoms with Gasteiger partial charge in [-0.25, -0.2) is 0 Å². The van der Waals surface area contributed by atoms with Gasteiger partial charge in [0.15, 0.2) is 0 Å². The number of rotatable bonds is 6. The molecule has 1 unspecified atom stereocenters. The average Bonchev–Trinajstić information content (AvgIpc) is 2.85. The van der Waals surface area contributed by atoms with E-state index in [-0.39, 0.29) is 24.2 Å². The number of nitrogens with one attached hydrogen (secondary N) is 1. The molecular weight excluding hydrogens is 358 g/mol. The van der Waals surface area contributed by atoms with Gasteiger partial charge in [-0.2, -0.15) is 0 Å². The van der Waals surface area contributed by atoms with Gasteiger partial charge in [0.1, 0.15) is 0 Å². The van der Waals surface area contributed by atoms with E-state index in [4.69, 9.17) is 0 Å². The lowest BCUT2D eigenvalue weighted by atomic mass is 10.1. The average molecular weight is 382 g/mol. The summed E-state index contributed by atoms with van der Waals surface area (Å²) in [5.41, 5.74) is 1.92. The zero-order valence-electron chi connectivity index (χ0n) is 13.9. The molecule has 2 amide bonds. The Hall–Kier alpha value is -1.40. The molecule has 5 nitrogen and oxygen atoms in total. The standard InChI is InChI=1S/C17H24BrN3O2/c1-12-9-14(18)5-6-15(12)21-11-13(10-16(21)22)17(23)19-7-4-8-20(2)3/h5-6,9,13H,4,7-8,10-11H2,1-3H3,(H,19,23). The van der Waals surface area contributed by atoms with Crippen molar-refractivity contribution in [3.63, 3.8) is 0 Å². The fourth-order valence-electron chi connectivity index (χ4n) is 2.79. The highest BCUT2D eigenvalue weighted by molar-refractivity contribution is 9.10. The number of aryl methyl sites for hydroxylation is 1. The molecule has 1 fully saturated rings. The fourth-order valence-corrected chi connectivity index (χ4v) is 3.26. The second-order valence-corrected chi connectivity index (χ2v) is 7.20. The maximum atomic E-state index is 12.3. The van der Waals surface area contributed by atoms with Gasteiger partial charge in [-0.3, -0.25) is 9.59 Å². The Morgan fingerprint density at radius 1 is 1.43 bits per heavy atom. The summed E-state index contributed by atoms with van der Waals surface area (Å²) in [7, 11) is 4.02. The maximum Gasteiger partial charge on any atom is 0.227 e. The summed E-state index contributed by atoms with van der Waals surface area (Å²) in [6, 6.07) is 5.83. The van der Waals surface area contributed by atoms with Crippen molar-refractivity contribution in [1.82, 2.24) is 10.2 Å². The predicted octanol–water partition coefficient (Wildman–Crippen LogP) is 2.18. The van der Waals surface area contributed by atoms with Crippen LogP contribution in [-0.2, 0) is 9.59 Å². The van der Waals surface area contributed by atoms with Crippen molar-refractivity contribution in [2.45, 2.75) is 19.8 Å². The van der Waals surface area contributed by atoms with Crippen molar-refractivity contribution in [3.05, 3.63) is 28.2 Å². The molecule has 1 aromatic carbocycles. The number of amides is 2. The molecule has 0 aliphatic carbocycles. The lowest BCUT2D eigenvalue weighted by Crippen LogP contribution is -2.34. The minimum atomic E-state index is -0.259. The molecule has 1 aliphatic heterocycles. The van der Waals surface area contributed by atoms with E-state index in [1.807, 2.05) is 39.2 Å². The first-order chi connectivity index (χ1) is 10.9. The molecule has 0 saturated carbocycles. The van der Waals surface area contributed by atoms with E-state index >= 15 is 0 Å². The highest BCUT2D eigenvalue weighted by atomic mass is 79.9. The number of hydrogen-bond acceptors (Lipinski definition) is 3. The quantitative estimate of drug-likeness (QED) is 0.768. The first-order valence-corrected chi connectivity index (χ1v) is 8.66. The summed E-state index contributed by atoms with van der Waals surface area (Å²) >= 11 is 3.43. The third-order valence-corrected chi connectivity index (χ3v) is 4.52. The Kier molecular flexibility index (Phi) is 6.18. The van der Waals surface area contributed by atoms with E-state index in [2.05, 4.69) is 26.1 Å². The Morgan fingerprint density at radius 2 is 2.17 bits per heavy atom. The third-order valence-electron chi connectivity index (χ3n) is 4.03. The molecule has 1 aliphatic rings. The van der Waals surface area contributed by atoms with Crippen molar-refractivity contribution in [2.75, 3.05) is 38.6 Å². The van der Waals surface area contributed by atoms with Gasteiger partial charge in [0.2, 0.25) is 11.8 Å². The molecule has 0 radical (unpaired) electrons. The Balaban J connectivity index is 1.93. The molecule has 0 aromatic heterocycles. The number of nitrogens with zero attached hydrogens (tertiary/aromatic N) is 2. The van der Waals surface area contributed by atoms with E-state index < -0.39 is 0 Å². The van der Waals surface area contributed by atoms with Gasteiger partial charge in [0.25, 0.3) is 0 Å². The maximum absolute atomic E-state index is 12.3. The molecular formula is C17H24BrN3O2. The second-order valence-electron chi connectivity index (χ2n) is 6.28. The first kappa shape index (κ1) is 17.9. The molecule has 1 saturated heterocycles. The highest BCUT2D eigenvalue weighted by Crippen LogP contribution is 2.29. The number of carbonyl (C=O) groups is 2. The summed E-state index contributed by atoms with van der Waals surface area (Å²) in [5.74, 6) is -0.261. The van der Waals surface area contributed by atoms with Gasteiger partial charge in [-0.1, -0.05) is 15.9 Å². The van der Waals surface area contributed by atoms with Crippen molar-refractivity contribution < 1.29 is 9.59 Å². The minimum absolute atomic E-state index is 0.0175. The Morgan fingerprint density at radius 3 is 2.83 bits per heavy atom. The van der Waals surface area contributed by atoms with Gasteiger partial charge in [-0.05, 0) is 57.7 Å². The number of benzene rings is 1. The van der Waals surface area contributed by atoms with Gasteiger partial charge >= 0.3 is 0 Å². The molecule has 23 heavy (non-hydrogen) atoms. The fraction of sp³-hybridized carbons (Fsp3) is 0.529. The number of halogens is 1. The van der Waals surface area contributed by atoms with Crippen LogP contribution in [-0.4, -0.2) is 50.4 Å². The van der Waals surface area contributed by atoms with Crippen LogP contribution in [0.3, 0.4) is 0 Å². The number of hydrogen-bond donors (Lipinski definition) is 1. The lowest BCUT2D eigenvalue weighted by Gasteiger charge is -2.19. The van der Waals surface area contributed by atoms with Crippen LogP contribution in [0.4, 0.5) is 5.69 Å². The van der Waals surface area contributed by atoms with Crippen molar-refractivity contribution in [2.24, 2.45) is 5.92 Å². The van der Waals surface area contributed by atoms with Crippen molar-refractivity contribution in [1.29, 1.82) is 0 Å². The molecule has 126 valence electrons. The van der Waals surface area contributed by atoms with E-state index in [1.54, 1.807) is 4.90 Å². The van der Waals surface area contributed by atoms with Crippen molar-refractivity contribution in [3.8, 4) is 0 Å². The summed E-state index contributed by atoms with van der Waals surface area (Å²) in [4.78, 5) is 28.3. The first-order valence-electron chi connectivity index (χ1n) is 7.87. The van der Waals surface area contributed by atoms with Gasteiger partial charge in [0.05, 0.1) is 5.92 Å². The summed E-state index contributed by atoms with van der Waals surface area (Å²) in [6.45, 7) is 4.02. The Labute approximate surface area is 146 Å². The largest absolute Gasteiger partial charge is 0.356 e. The van der Waals surface area contributed by atoms with E-state index in [9.17, 15) is 9.59 Å². The van der Waals surface area contributed by atoms with E-state index in [0.717, 1.165) is 28.7 Å². The minimum Gasteiger partial charge on any atom is -0.356 e. The van der Waals surface area contributed by atoms with E-state index in [0.29, 0.717) is 13.1 Å². The van der Waals surface area contributed by atoms with Crippen LogP contribution < -0.4 is 10.2 Å². The zero-order chi connectivity index (χ0) is 17.0. The van der Waals surface area contributed by atoms with Crippen LogP contribution in [0.15, 0.2) is 22.7 Å². The van der Waals surface area contributed by atoms with Gasteiger partial charge in [0, 0.05) is 29.7 Å². The predicted molar refractivity (Wildman–Crippen MR) is 95.5 cm³/mol. The van der Waals surface area contributed by atoms with Crippen LogP contribution in [0, 0.1) is 12.8 Å². The summed E-state index contributed by atoms with van der Waals surface area (Å²) in [5, 5.41) is 2.94. The smallest absolute Gasteiger partial charge is 0.227 e. The van der Waals surface area contributed by atoms with Crippen LogP contribution in [0.5, 0.6) is 0 Å². The molecule has 6 heteroatoms. The van der Waals surface area contributed by atoms with Gasteiger partial charge < -0.3 is 15.1 Å². The van der Waals surface area contributed by atoms with Gasteiger partial charge in [-0.15, -0.1) is 0 Å². The summed E-state index contributed by atoms with van der Waals surface area (Å²) < 4.78 is 0.987. The topological polar surface area (TPSA) is 52.7 Å². The molecule has 1 heterocycles. The second kappa shape index (κ2) is 7.93. The lowest BCUT2D eigenvalue weighted by molar-refractivity contribution is -0.126. The molecule has 1 atom stereocenters. The van der Waals surface area contributed by atoms with Crippen molar-refractivity contribution >= 4 is 33.4 Å². The number of anilines is 1. The SMILES string of the molecule is Cc1cc(Br)ccc1N1CC(C(=O)NCCCN(C)C)CC1=O. The normalized spacial score (nSPS) is 17.9. The molecule has 0 bridgehead atoms. The highest BCUT2D eigenvalue weighted by Gasteiger charge is 2.35. The molecule has 0 spiro atoms. The molecule has 1 N–H and O–H groups in total. The van der Waals surface area contributed by atoms with E-state index in [1.165, 1.54) is 0 Å². The monoisotopic (exact) mass is 381 g/mol. The third kappa shape index (κ3) is 4.78. The molecule has 2 rings (SSSR count). The van der Waals surface area contributed by atoms with Crippen LogP contribution in [0.1, 0.15) is 18.4 Å². The Bertz CT molecular complexity index is 589. The summed E-state index contributed by atoms with van der Waals surface area (Å²) in [6.07, 6.45) is 1.20. The van der Waals surface area contributed by atoms with Crippen LogP contribution in [0.25, 0.3) is 0 Å². The molecule has 1 aromatic rings. The zero-order valence-corrected chi connectivity index (χ0v) is 15.5.